The van der Waals surface area contributed by atoms with Gasteiger partial charge in [0.25, 0.3) is 5.91 Å². The number of aryl methyl sites for hydroxylation is 1. The molecule has 0 spiro atoms. The summed E-state index contributed by atoms with van der Waals surface area (Å²) in [6.45, 7) is 1.51. The van der Waals surface area contributed by atoms with Crippen molar-refractivity contribution >= 4 is 15.9 Å². The Morgan fingerprint density at radius 2 is 1.85 bits per heavy atom. The van der Waals surface area contributed by atoms with Gasteiger partial charge in [-0.3, -0.25) is 9.89 Å². The van der Waals surface area contributed by atoms with Crippen LogP contribution in [-0.4, -0.2) is 67.5 Å². The Morgan fingerprint density at radius 3 is 2.56 bits per heavy atom. The highest BCUT2D eigenvalue weighted by atomic mass is 32.2. The molecule has 0 atom stereocenters. The maximum Gasteiger partial charge on any atom is 0.253 e. The smallest absolute Gasteiger partial charge is 0.253 e. The largest absolute Gasteiger partial charge is 0.495 e. The molecule has 0 radical (unpaired) electrons. The predicted molar refractivity (Wildman–Crippen MR) is 130 cm³/mol. The van der Waals surface area contributed by atoms with Gasteiger partial charge in [-0.05, 0) is 49.9 Å². The van der Waals surface area contributed by atoms with Crippen molar-refractivity contribution in [3.63, 3.8) is 0 Å². The lowest BCUT2D eigenvalue weighted by molar-refractivity contribution is 0.0793. The third-order valence-corrected chi connectivity index (χ3v) is 8.00. The first-order chi connectivity index (χ1) is 16.4. The van der Waals surface area contributed by atoms with Gasteiger partial charge in [0.05, 0.1) is 12.8 Å². The number of methoxy groups -OCH3 is 1. The Bertz CT molecular complexity index is 1230. The molecular formula is C25H30N4O4S. The van der Waals surface area contributed by atoms with Crippen LogP contribution in [0.4, 0.5) is 0 Å². The third-order valence-electron chi connectivity index (χ3n) is 6.08. The molecule has 1 aliphatic rings. The third kappa shape index (κ3) is 5.15. The normalized spacial score (nSPS) is 14.3. The number of hydrogen-bond donors (Lipinski definition) is 1. The molecule has 4 rings (SSSR count). The van der Waals surface area contributed by atoms with Crippen LogP contribution in [0, 0.1) is 0 Å². The van der Waals surface area contributed by atoms with Gasteiger partial charge >= 0.3 is 0 Å². The molecule has 0 saturated carbocycles. The van der Waals surface area contributed by atoms with Crippen molar-refractivity contribution in [1.82, 2.24) is 19.4 Å². The van der Waals surface area contributed by atoms with Crippen molar-refractivity contribution in [3.8, 4) is 17.0 Å². The summed E-state index contributed by atoms with van der Waals surface area (Å²) in [6.07, 6.45) is 3.17. The quantitative estimate of drug-likeness (QED) is 0.503. The van der Waals surface area contributed by atoms with Crippen LogP contribution in [0.5, 0.6) is 5.75 Å². The number of aromatic nitrogens is 2. The zero-order valence-electron chi connectivity index (χ0n) is 19.5. The highest BCUT2D eigenvalue weighted by molar-refractivity contribution is 7.89. The molecule has 8 nitrogen and oxygen atoms in total. The summed E-state index contributed by atoms with van der Waals surface area (Å²) in [5.74, 6) is 0.0229. The summed E-state index contributed by atoms with van der Waals surface area (Å²) in [5, 5.41) is 7.43. The summed E-state index contributed by atoms with van der Waals surface area (Å²) < 4.78 is 33.0. The van der Waals surface area contributed by atoms with Crippen LogP contribution in [0.3, 0.4) is 0 Å². The fourth-order valence-corrected chi connectivity index (χ4v) is 5.85. The topological polar surface area (TPSA) is 95.6 Å². The Hall–Kier alpha value is -3.17. The molecule has 34 heavy (non-hydrogen) atoms. The minimum Gasteiger partial charge on any atom is -0.495 e. The number of carbonyl (C=O) groups excluding carboxylic acids is 1. The molecule has 9 heteroatoms. The van der Waals surface area contributed by atoms with Gasteiger partial charge in [-0.1, -0.05) is 30.3 Å². The standard InChI is InChI=1S/C25H30N4O4S/c1-28(14-8-11-21-18-22(27-26-21)19-9-4-3-5-10-19)25(30)20-12-13-23(33-2)24(17-20)34(31,32)29-15-6-7-16-29/h3-5,9-10,12-13,17-18H,6-8,11,14-16H2,1-2H3,(H,26,27). The maximum atomic E-state index is 13.1. The SMILES string of the molecule is COc1ccc(C(=O)N(C)CCCc2cc(-c3ccccc3)n[nH]2)cc1S(=O)(=O)N1CCCC1. The van der Waals surface area contributed by atoms with Crippen LogP contribution in [0.15, 0.2) is 59.5 Å². The number of aromatic amines is 1. The van der Waals surface area contributed by atoms with E-state index in [9.17, 15) is 13.2 Å². The van der Waals surface area contributed by atoms with Crippen molar-refractivity contribution in [1.29, 1.82) is 0 Å². The number of nitrogens with zero attached hydrogens (tertiary/aromatic N) is 3. The molecule has 0 unspecified atom stereocenters. The molecule has 2 aromatic carbocycles. The van der Waals surface area contributed by atoms with E-state index in [2.05, 4.69) is 10.2 Å². The molecule has 3 aromatic rings. The lowest BCUT2D eigenvalue weighted by Crippen LogP contribution is -2.30. The summed E-state index contributed by atoms with van der Waals surface area (Å²) in [5.41, 5.74) is 3.28. The maximum absolute atomic E-state index is 13.1. The van der Waals surface area contributed by atoms with E-state index in [0.717, 1.165) is 42.6 Å². The van der Waals surface area contributed by atoms with Gasteiger partial charge in [0.15, 0.2) is 0 Å². The first-order valence-electron chi connectivity index (χ1n) is 11.4. The molecule has 1 saturated heterocycles. The first kappa shape index (κ1) is 24.0. The van der Waals surface area contributed by atoms with E-state index in [0.29, 0.717) is 25.2 Å². The number of carbonyl (C=O) groups is 1. The Morgan fingerprint density at radius 1 is 1.12 bits per heavy atom. The van der Waals surface area contributed by atoms with Crippen LogP contribution in [-0.2, 0) is 16.4 Å². The highest BCUT2D eigenvalue weighted by Gasteiger charge is 2.31. The number of H-pyrrole nitrogens is 1. The lowest BCUT2D eigenvalue weighted by Gasteiger charge is -2.20. The van der Waals surface area contributed by atoms with E-state index >= 15 is 0 Å². The monoisotopic (exact) mass is 482 g/mol. The zero-order chi connectivity index (χ0) is 24.1. The van der Waals surface area contributed by atoms with E-state index in [4.69, 9.17) is 4.74 Å². The van der Waals surface area contributed by atoms with Gasteiger partial charge in [-0.15, -0.1) is 0 Å². The molecule has 0 aliphatic carbocycles. The summed E-state index contributed by atoms with van der Waals surface area (Å²) in [7, 11) is -0.549. The van der Waals surface area contributed by atoms with Gasteiger partial charge in [-0.2, -0.15) is 9.40 Å². The van der Waals surface area contributed by atoms with Crippen LogP contribution in [0.25, 0.3) is 11.3 Å². The fraction of sp³-hybridized carbons (Fsp3) is 0.360. The number of hydrogen-bond acceptors (Lipinski definition) is 5. The molecule has 2 heterocycles. The average molecular weight is 483 g/mol. The molecule has 1 aromatic heterocycles. The Balaban J connectivity index is 1.40. The van der Waals surface area contributed by atoms with Crippen LogP contribution < -0.4 is 4.74 Å². The van der Waals surface area contributed by atoms with Crippen molar-refractivity contribution in [2.24, 2.45) is 0 Å². The van der Waals surface area contributed by atoms with E-state index in [1.807, 2.05) is 36.4 Å². The van der Waals surface area contributed by atoms with Crippen LogP contribution in [0.2, 0.25) is 0 Å². The molecule has 1 N–H and O–H groups in total. The molecule has 1 aliphatic heterocycles. The van der Waals surface area contributed by atoms with Crippen molar-refractivity contribution in [2.75, 3.05) is 33.8 Å². The Kier molecular flexibility index (Phi) is 7.33. The molecular weight excluding hydrogens is 452 g/mol. The van der Waals surface area contributed by atoms with Crippen molar-refractivity contribution in [2.45, 2.75) is 30.6 Å². The highest BCUT2D eigenvalue weighted by Crippen LogP contribution is 2.30. The summed E-state index contributed by atoms with van der Waals surface area (Å²) in [4.78, 5) is 14.7. The van der Waals surface area contributed by atoms with Gasteiger partial charge in [-0.25, -0.2) is 8.42 Å². The zero-order valence-corrected chi connectivity index (χ0v) is 20.3. The molecule has 0 bridgehead atoms. The number of benzene rings is 2. The van der Waals surface area contributed by atoms with Gasteiger partial charge in [0.1, 0.15) is 10.6 Å². The molecule has 180 valence electrons. The number of amides is 1. The number of nitrogens with one attached hydrogen (secondary N) is 1. The minimum absolute atomic E-state index is 0.0436. The second-order valence-electron chi connectivity index (χ2n) is 8.45. The fourth-order valence-electron chi connectivity index (χ4n) is 4.15. The number of ether oxygens (including phenoxy) is 1. The molecule has 1 fully saturated rings. The minimum atomic E-state index is -3.71. The second-order valence-corrected chi connectivity index (χ2v) is 10.4. The van der Waals surface area contributed by atoms with Gasteiger partial charge < -0.3 is 9.64 Å². The summed E-state index contributed by atoms with van der Waals surface area (Å²) in [6, 6.07) is 16.6. The van der Waals surface area contributed by atoms with Crippen molar-refractivity contribution < 1.29 is 17.9 Å². The lowest BCUT2D eigenvalue weighted by atomic mass is 10.1. The van der Waals surface area contributed by atoms with E-state index in [-0.39, 0.29) is 16.6 Å². The van der Waals surface area contributed by atoms with Crippen LogP contribution in [0.1, 0.15) is 35.3 Å². The first-order valence-corrected chi connectivity index (χ1v) is 12.9. The second kappa shape index (κ2) is 10.4. The van der Waals surface area contributed by atoms with Gasteiger partial charge in [0, 0.05) is 43.5 Å². The number of rotatable bonds is 9. The van der Waals surface area contributed by atoms with E-state index in [1.165, 1.54) is 17.5 Å². The predicted octanol–water partition coefficient (Wildman–Crippen LogP) is 3.57. The van der Waals surface area contributed by atoms with Crippen molar-refractivity contribution in [3.05, 3.63) is 65.9 Å². The number of sulfonamides is 1. The molecule has 1 amide bonds. The van der Waals surface area contributed by atoms with E-state index < -0.39 is 10.0 Å². The summed E-state index contributed by atoms with van der Waals surface area (Å²) >= 11 is 0. The average Bonchev–Trinajstić information content (AvgIpc) is 3.57. The van der Waals surface area contributed by atoms with Crippen LogP contribution >= 0.6 is 0 Å². The van der Waals surface area contributed by atoms with Gasteiger partial charge in [0.2, 0.25) is 10.0 Å². The Labute approximate surface area is 200 Å². The van der Waals surface area contributed by atoms with E-state index in [1.54, 1.807) is 24.1 Å².